The van der Waals surface area contributed by atoms with E-state index in [9.17, 15) is 0 Å². The van der Waals surface area contributed by atoms with Gasteiger partial charge >= 0.3 is 0 Å². The van der Waals surface area contributed by atoms with Crippen molar-refractivity contribution in [3.05, 3.63) is 94.2 Å². The number of hydrogen-bond acceptors (Lipinski definition) is 3. The number of hydrogen-bond donors (Lipinski definition) is 0. The Labute approximate surface area is 260 Å². The fraction of sp³-hybridized carbons (Fsp3) is 0.462. The second-order valence-corrected chi connectivity index (χ2v) is 13.4. The summed E-state index contributed by atoms with van der Waals surface area (Å²) in [5.74, 6) is 2.29. The third-order valence-electron chi connectivity index (χ3n) is 9.88. The van der Waals surface area contributed by atoms with Gasteiger partial charge in [0.2, 0.25) is 5.69 Å². The number of likely N-dealkylation sites (N-methyl/N-ethyl adjacent to an activating group) is 1. The van der Waals surface area contributed by atoms with Crippen LogP contribution in [-0.2, 0) is 10.8 Å². The van der Waals surface area contributed by atoms with Gasteiger partial charge in [-0.2, -0.15) is 4.58 Å². The van der Waals surface area contributed by atoms with Gasteiger partial charge in [0, 0.05) is 41.1 Å². The first-order chi connectivity index (χ1) is 20.5. The first kappa shape index (κ1) is 30.9. The predicted octanol–water partition coefficient (Wildman–Crippen LogP) is 9.42. The van der Waals surface area contributed by atoms with Crippen LogP contribution in [0.15, 0.2) is 83.1 Å². The number of ether oxygens (including phenoxy) is 2. The molecule has 2 aromatic carbocycles. The highest BCUT2D eigenvalue weighted by molar-refractivity contribution is 6.03. The molecule has 43 heavy (non-hydrogen) atoms. The number of nitrogens with zero attached hydrogens (tertiary/aromatic N) is 2. The van der Waals surface area contributed by atoms with Crippen LogP contribution in [0.5, 0.6) is 11.5 Å². The lowest BCUT2D eigenvalue weighted by Crippen LogP contribution is -2.27. The molecule has 5 rings (SSSR count). The molecule has 0 bridgehead atoms. The van der Waals surface area contributed by atoms with Gasteiger partial charge in [0.15, 0.2) is 5.71 Å². The van der Waals surface area contributed by atoms with Gasteiger partial charge in [-0.1, -0.05) is 39.8 Å². The Morgan fingerprint density at radius 2 is 1.53 bits per heavy atom. The molecule has 2 heterocycles. The van der Waals surface area contributed by atoms with Crippen molar-refractivity contribution in [1.29, 1.82) is 0 Å². The fourth-order valence-electron chi connectivity index (χ4n) is 7.64. The molecule has 4 heteroatoms. The van der Waals surface area contributed by atoms with Crippen molar-refractivity contribution in [2.75, 3.05) is 32.2 Å². The van der Waals surface area contributed by atoms with E-state index in [1.165, 1.54) is 57.1 Å². The van der Waals surface area contributed by atoms with Crippen molar-refractivity contribution in [1.82, 2.24) is 0 Å². The maximum absolute atomic E-state index is 5.59. The van der Waals surface area contributed by atoms with Gasteiger partial charge in [-0.05, 0) is 112 Å². The van der Waals surface area contributed by atoms with Crippen LogP contribution in [-0.4, -0.2) is 37.6 Å². The molecule has 0 saturated carbocycles. The monoisotopic (exact) mass is 579 g/mol. The van der Waals surface area contributed by atoms with Gasteiger partial charge in [0.25, 0.3) is 0 Å². The van der Waals surface area contributed by atoms with Crippen molar-refractivity contribution in [2.45, 2.75) is 85.5 Å². The zero-order chi connectivity index (χ0) is 31.1. The second kappa shape index (κ2) is 11.9. The molecule has 228 valence electrons. The summed E-state index contributed by atoms with van der Waals surface area (Å²) in [5.41, 5.74) is 12.2. The first-order valence-electron chi connectivity index (χ1n) is 16.1. The summed E-state index contributed by atoms with van der Waals surface area (Å²) in [7, 11) is 3.50. The molecule has 0 radical (unpaired) electrons. The molecule has 2 aromatic rings. The molecular weight excluding hydrogens is 528 g/mol. The van der Waals surface area contributed by atoms with Crippen LogP contribution >= 0.6 is 0 Å². The molecule has 0 fully saturated rings. The quantitative estimate of drug-likeness (QED) is 0.291. The number of benzene rings is 2. The zero-order valence-corrected chi connectivity index (χ0v) is 28.1. The molecule has 0 N–H and O–H groups in total. The van der Waals surface area contributed by atoms with Crippen molar-refractivity contribution in [2.24, 2.45) is 5.92 Å². The van der Waals surface area contributed by atoms with Gasteiger partial charge in [-0.3, -0.25) is 0 Å². The smallest absolute Gasteiger partial charge is 0.210 e. The Morgan fingerprint density at radius 3 is 2.16 bits per heavy atom. The molecule has 0 saturated heterocycles. The summed E-state index contributed by atoms with van der Waals surface area (Å²) in [5, 5.41) is 0. The summed E-state index contributed by atoms with van der Waals surface area (Å²) in [6.45, 7) is 20.4. The minimum absolute atomic E-state index is 0.0952. The molecule has 0 atom stereocenters. The number of fused-ring (bicyclic) bond motifs is 2. The van der Waals surface area contributed by atoms with Crippen molar-refractivity contribution < 1.29 is 14.0 Å². The first-order valence-corrected chi connectivity index (χ1v) is 16.1. The second-order valence-electron chi connectivity index (χ2n) is 13.4. The Morgan fingerprint density at radius 1 is 0.860 bits per heavy atom. The Balaban J connectivity index is 1.54. The lowest BCUT2D eigenvalue weighted by molar-refractivity contribution is -0.433. The molecule has 4 nitrogen and oxygen atoms in total. The van der Waals surface area contributed by atoms with E-state index in [0.717, 1.165) is 37.4 Å². The van der Waals surface area contributed by atoms with E-state index in [1.54, 1.807) is 14.2 Å². The van der Waals surface area contributed by atoms with E-state index < -0.39 is 0 Å². The summed E-state index contributed by atoms with van der Waals surface area (Å²) >= 11 is 0. The topological polar surface area (TPSA) is 24.7 Å². The van der Waals surface area contributed by atoms with Crippen LogP contribution in [0.2, 0.25) is 0 Å². The number of methoxy groups -OCH3 is 2. The molecule has 2 aliphatic heterocycles. The maximum Gasteiger partial charge on any atom is 0.210 e. The third-order valence-corrected chi connectivity index (χ3v) is 9.88. The van der Waals surface area contributed by atoms with Gasteiger partial charge < -0.3 is 14.4 Å². The molecule has 0 unspecified atom stereocenters. The van der Waals surface area contributed by atoms with E-state index in [-0.39, 0.29) is 10.8 Å². The minimum Gasteiger partial charge on any atom is -0.497 e. The van der Waals surface area contributed by atoms with Crippen molar-refractivity contribution in [3.63, 3.8) is 0 Å². The van der Waals surface area contributed by atoms with Crippen LogP contribution in [0.3, 0.4) is 0 Å². The average molecular weight is 580 g/mol. The van der Waals surface area contributed by atoms with Crippen molar-refractivity contribution in [3.8, 4) is 11.5 Å². The standard InChI is InChI=1S/C39H51N2O2/c1-11-40-33-20-18-29(42-9)24-31(33)38(5,6)35(40)22-16-27-14-13-15-28(37(27)26(3)4)17-23-36-39(7,8)32-25-30(43-10)19-21-34(32)41(36)12-2/h16-26H,11-15H2,1-10H3/q+1. The summed E-state index contributed by atoms with van der Waals surface area (Å²) in [6, 6.07) is 13.0. The highest BCUT2D eigenvalue weighted by Crippen LogP contribution is 2.49. The Kier molecular flexibility index (Phi) is 8.53. The van der Waals surface area contributed by atoms with E-state index in [0.29, 0.717) is 5.92 Å². The minimum atomic E-state index is -0.0952. The number of anilines is 1. The highest BCUT2D eigenvalue weighted by atomic mass is 16.5. The summed E-state index contributed by atoms with van der Waals surface area (Å²) < 4.78 is 13.6. The van der Waals surface area contributed by atoms with Gasteiger partial charge in [0.1, 0.15) is 18.0 Å². The molecule has 1 aliphatic carbocycles. The molecule has 0 aromatic heterocycles. The largest absolute Gasteiger partial charge is 0.497 e. The van der Waals surface area contributed by atoms with Crippen molar-refractivity contribution >= 4 is 17.1 Å². The third kappa shape index (κ3) is 5.28. The maximum atomic E-state index is 5.59. The van der Waals surface area contributed by atoms with E-state index in [4.69, 9.17) is 9.47 Å². The Hall–Kier alpha value is -3.53. The van der Waals surface area contributed by atoms with Gasteiger partial charge in [0.05, 0.1) is 19.6 Å². The van der Waals surface area contributed by atoms with E-state index in [2.05, 4.69) is 126 Å². The fourth-order valence-corrected chi connectivity index (χ4v) is 7.64. The van der Waals surface area contributed by atoms with Gasteiger partial charge in [-0.25, -0.2) is 0 Å². The molecule has 0 spiro atoms. The number of allylic oxidation sites excluding steroid dienone is 8. The normalized spacial score (nSPS) is 21.0. The van der Waals surface area contributed by atoms with Crippen LogP contribution in [0.1, 0.15) is 85.8 Å². The molecule has 0 amide bonds. The zero-order valence-electron chi connectivity index (χ0n) is 28.1. The van der Waals surface area contributed by atoms with Crippen LogP contribution in [0.25, 0.3) is 0 Å². The number of rotatable bonds is 8. The van der Waals surface area contributed by atoms with Crippen LogP contribution in [0, 0.1) is 5.92 Å². The molecular formula is C39H51N2O2+. The Bertz CT molecular complexity index is 1560. The molecule has 3 aliphatic rings. The summed E-state index contributed by atoms with van der Waals surface area (Å²) in [6.07, 6.45) is 13.1. The van der Waals surface area contributed by atoms with Crippen LogP contribution in [0.4, 0.5) is 11.4 Å². The lowest BCUT2D eigenvalue weighted by Gasteiger charge is -2.27. The highest BCUT2D eigenvalue weighted by Gasteiger charge is 2.44. The lowest BCUT2D eigenvalue weighted by atomic mass is 9.79. The average Bonchev–Trinajstić information content (AvgIpc) is 3.35. The SMILES string of the molecule is CCN1/C(=C/C=C2\CCCC(/C=C/C3=[N+](CC)c4ccc(OC)cc4C3(C)C)=C2C(C)C)C(C)(C)c2cc(OC)ccc21. The van der Waals surface area contributed by atoms with E-state index in [1.807, 2.05) is 0 Å². The van der Waals surface area contributed by atoms with Crippen LogP contribution < -0.4 is 14.4 Å². The summed E-state index contributed by atoms with van der Waals surface area (Å²) in [4.78, 5) is 2.47. The van der Waals surface area contributed by atoms with E-state index >= 15 is 0 Å². The van der Waals surface area contributed by atoms with Gasteiger partial charge in [-0.15, -0.1) is 0 Å². The predicted molar refractivity (Wildman–Crippen MR) is 182 cm³/mol.